The van der Waals surface area contributed by atoms with Crippen LogP contribution < -0.4 is 22.1 Å². The first-order chi connectivity index (χ1) is 31.0. The number of aromatic amines is 2. The first-order valence-electron chi connectivity index (χ1n) is 19.8. The Labute approximate surface area is 380 Å². The van der Waals surface area contributed by atoms with Gasteiger partial charge in [-0.2, -0.15) is 0 Å². The standard InChI is InChI=1S/C19H15NO.C13H11NO.C8H9BO2.C6H7BO2.C5H4BrNO/c21-19-14-13-17(12-11-16-7-3-1-4-8-16)15-20(19)18-9-5-2-6-10-18;15-13-9-8-12(10-14-13)7-6-11-4-2-1-3-5-11;10-9(11)7-6-8-4-2-1-3-5-8;8-7(9)6-4-2-1-3-5-6;6-4-1-2-5(8)7-3-4/h1-15H;1-10H,(H,14,15);1-7,10-11H;1-5,8-9H;1-3H,(H,7,8)/b12-11+;2*7-6+;;. The Morgan fingerprint density at radius 1 is 0.438 bits per heavy atom. The number of H-pyrrole nitrogens is 2. The highest BCUT2D eigenvalue weighted by molar-refractivity contribution is 9.10. The molecule has 6 N–H and O–H groups in total. The van der Waals surface area contributed by atoms with Crippen LogP contribution >= 0.6 is 15.9 Å². The van der Waals surface area contributed by atoms with E-state index < -0.39 is 14.2 Å². The monoisotopic (exact) mass is 913 g/mol. The summed E-state index contributed by atoms with van der Waals surface area (Å²) in [5, 5.41) is 34.1. The molecule has 320 valence electrons. The second-order valence-electron chi connectivity index (χ2n) is 13.3. The van der Waals surface area contributed by atoms with Crippen molar-refractivity contribution in [1.82, 2.24) is 14.5 Å². The third kappa shape index (κ3) is 20.0. The van der Waals surface area contributed by atoms with E-state index in [4.69, 9.17) is 20.1 Å². The van der Waals surface area contributed by atoms with Crippen LogP contribution in [0.1, 0.15) is 27.8 Å². The van der Waals surface area contributed by atoms with Crippen molar-refractivity contribution in [1.29, 1.82) is 0 Å². The van der Waals surface area contributed by atoms with E-state index in [2.05, 4.69) is 25.9 Å². The summed E-state index contributed by atoms with van der Waals surface area (Å²) in [5.74, 6) is 1.31. The van der Waals surface area contributed by atoms with Crippen LogP contribution in [0.15, 0.2) is 231 Å². The van der Waals surface area contributed by atoms with E-state index in [9.17, 15) is 14.4 Å². The number of hydrogen-bond donors (Lipinski definition) is 6. The van der Waals surface area contributed by atoms with Crippen molar-refractivity contribution in [2.75, 3.05) is 0 Å². The van der Waals surface area contributed by atoms with Crippen LogP contribution in [-0.4, -0.2) is 48.9 Å². The van der Waals surface area contributed by atoms with Crippen LogP contribution in [0.5, 0.6) is 0 Å². The topological polar surface area (TPSA) is 169 Å². The molecule has 0 aliphatic carbocycles. The third-order valence-corrected chi connectivity index (χ3v) is 8.91. The van der Waals surface area contributed by atoms with Crippen LogP contribution in [0, 0.1) is 0 Å². The van der Waals surface area contributed by atoms with E-state index in [0.717, 1.165) is 38.0 Å². The molecule has 10 nitrogen and oxygen atoms in total. The van der Waals surface area contributed by atoms with Gasteiger partial charge in [0.05, 0.1) is 0 Å². The van der Waals surface area contributed by atoms with Crippen molar-refractivity contribution in [2.45, 2.75) is 0 Å². The minimum atomic E-state index is -1.37. The molecule has 13 heteroatoms. The molecule has 0 saturated carbocycles. The SMILES string of the molecule is O=c1ccc(/C=C/c2ccccc2)c[nH]1.O=c1ccc(/C=C/c2ccccc2)cn1-c1ccccc1.O=c1ccc(Br)c[nH]1.OB(O)/C=C/c1ccccc1.OB(O)c1ccccc1. The van der Waals surface area contributed by atoms with Crippen molar-refractivity contribution in [2.24, 2.45) is 0 Å². The van der Waals surface area contributed by atoms with Gasteiger partial charge in [0.25, 0.3) is 5.56 Å². The van der Waals surface area contributed by atoms with Gasteiger partial charge in [-0.25, -0.2) is 0 Å². The van der Waals surface area contributed by atoms with Crippen LogP contribution in [-0.2, 0) is 0 Å². The summed E-state index contributed by atoms with van der Waals surface area (Å²) in [6, 6.07) is 57.8. The number of hydrogen-bond acceptors (Lipinski definition) is 7. The van der Waals surface area contributed by atoms with E-state index in [1.54, 1.807) is 65.5 Å². The molecule has 5 aromatic carbocycles. The zero-order valence-electron chi connectivity index (χ0n) is 34.6. The van der Waals surface area contributed by atoms with E-state index in [0.29, 0.717) is 5.46 Å². The van der Waals surface area contributed by atoms with Crippen molar-refractivity contribution >= 4 is 66.0 Å². The summed E-state index contributed by atoms with van der Waals surface area (Å²) in [4.78, 5) is 38.3. The maximum absolute atomic E-state index is 12.0. The third-order valence-electron chi connectivity index (χ3n) is 8.42. The Bertz CT molecular complexity index is 2760. The molecule has 64 heavy (non-hydrogen) atoms. The largest absolute Gasteiger partial charge is 0.488 e. The first-order valence-corrected chi connectivity index (χ1v) is 20.6. The molecule has 0 radical (unpaired) electrons. The van der Waals surface area contributed by atoms with Crippen LogP contribution in [0.25, 0.3) is 36.1 Å². The van der Waals surface area contributed by atoms with Crippen molar-refractivity contribution in [3.8, 4) is 5.69 Å². The molecule has 0 aliphatic heterocycles. The fourth-order valence-electron chi connectivity index (χ4n) is 5.21. The molecule has 0 spiro atoms. The molecule has 0 fully saturated rings. The van der Waals surface area contributed by atoms with Crippen LogP contribution in [0.2, 0.25) is 0 Å². The van der Waals surface area contributed by atoms with Gasteiger partial charge in [-0.3, -0.25) is 19.0 Å². The van der Waals surface area contributed by atoms with Gasteiger partial charge in [0, 0.05) is 46.9 Å². The van der Waals surface area contributed by atoms with Crippen molar-refractivity contribution < 1.29 is 20.1 Å². The second kappa shape index (κ2) is 28.3. The molecule has 3 aromatic heterocycles. The zero-order valence-corrected chi connectivity index (χ0v) is 36.2. The van der Waals surface area contributed by atoms with Gasteiger partial charge in [0.1, 0.15) is 0 Å². The fraction of sp³-hybridized carbons (Fsp3) is 0. The lowest BCUT2D eigenvalue weighted by molar-refractivity contribution is 0.423. The number of rotatable bonds is 8. The Balaban J connectivity index is 0.000000184. The molecule has 0 bridgehead atoms. The molecular formula is C51H46B2BrN3O7. The summed E-state index contributed by atoms with van der Waals surface area (Å²) < 4.78 is 2.54. The maximum Gasteiger partial charge on any atom is 0.488 e. The lowest BCUT2D eigenvalue weighted by Crippen LogP contribution is -2.29. The number of para-hydroxylation sites is 1. The highest BCUT2D eigenvalue weighted by atomic mass is 79.9. The summed E-state index contributed by atoms with van der Waals surface area (Å²) in [7, 11) is -2.71. The number of aromatic nitrogens is 3. The molecule has 0 unspecified atom stereocenters. The number of halogens is 1. The number of nitrogens with one attached hydrogen (secondary N) is 2. The summed E-state index contributed by atoms with van der Waals surface area (Å²) in [6.07, 6.45) is 14.8. The van der Waals surface area contributed by atoms with Gasteiger partial charge >= 0.3 is 14.2 Å². The normalized spacial score (nSPS) is 10.3. The van der Waals surface area contributed by atoms with E-state index >= 15 is 0 Å². The Hall–Kier alpha value is -7.38. The molecule has 8 aromatic rings. The quantitative estimate of drug-likeness (QED) is 0.0847. The maximum atomic E-state index is 12.0. The highest BCUT2D eigenvalue weighted by Crippen LogP contribution is 2.10. The number of benzene rings is 5. The fourth-order valence-corrected chi connectivity index (χ4v) is 5.46. The second-order valence-corrected chi connectivity index (χ2v) is 14.2. The number of pyridine rings is 3. The number of nitrogens with zero attached hydrogens (tertiary/aromatic N) is 1. The molecule has 0 amide bonds. The van der Waals surface area contributed by atoms with Crippen molar-refractivity contribution in [3.05, 3.63) is 276 Å². The Morgan fingerprint density at radius 3 is 1.28 bits per heavy atom. The van der Waals surface area contributed by atoms with Crippen LogP contribution in [0.4, 0.5) is 0 Å². The smallest absolute Gasteiger partial charge is 0.424 e. The average Bonchev–Trinajstić information content (AvgIpc) is 3.34. The van der Waals surface area contributed by atoms with Gasteiger partial charge in [-0.1, -0.05) is 176 Å². The minimum absolute atomic E-state index is 0.0296. The summed E-state index contributed by atoms with van der Waals surface area (Å²) >= 11 is 3.18. The van der Waals surface area contributed by atoms with Gasteiger partial charge in [0.2, 0.25) is 11.1 Å². The van der Waals surface area contributed by atoms with E-state index in [1.165, 1.54) is 18.1 Å². The van der Waals surface area contributed by atoms with Gasteiger partial charge < -0.3 is 30.1 Å². The van der Waals surface area contributed by atoms with Gasteiger partial charge in [0.15, 0.2) is 0 Å². The average molecular weight is 914 g/mol. The predicted molar refractivity (Wildman–Crippen MR) is 267 cm³/mol. The molecule has 8 rings (SSSR count). The van der Waals surface area contributed by atoms with E-state index in [1.807, 2.05) is 164 Å². The van der Waals surface area contributed by atoms with Crippen LogP contribution in [0.3, 0.4) is 0 Å². The summed E-state index contributed by atoms with van der Waals surface area (Å²) in [5.41, 5.74) is 6.42. The highest BCUT2D eigenvalue weighted by Gasteiger charge is 2.07. The Morgan fingerprint density at radius 2 is 0.859 bits per heavy atom. The predicted octanol–water partition coefficient (Wildman–Crippen LogP) is 7.77. The first kappa shape index (κ1) is 49.3. The molecule has 0 aliphatic rings. The van der Waals surface area contributed by atoms with E-state index in [-0.39, 0.29) is 16.7 Å². The van der Waals surface area contributed by atoms with Gasteiger partial charge in [-0.05, 0) is 79.5 Å². The molecule has 3 heterocycles. The van der Waals surface area contributed by atoms with Gasteiger partial charge in [-0.15, -0.1) is 0 Å². The lowest BCUT2D eigenvalue weighted by Gasteiger charge is -2.06. The molecular weight excluding hydrogens is 868 g/mol. The minimum Gasteiger partial charge on any atom is -0.424 e. The Kier molecular flexibility index (Phi) is 21.8. The summed E-state index contributed by atoms with van der Waals surface area (Å²) in [6.45, 7) is 0. The zero-order chi connectivity index (χ0) is 45.8. The molecule has 0 atom stereocenters. The molecule has 0 saturated heterocycles. The van der Waals surface area contributed by atoms with Crippen molar-refractivity contribution in [3.63, 3.8) is 0 Å². The lowest BCUT2D eigenvalue weighted by atomic mass is 9.81.